The lowest BCUT2D eigenvalue weighted by Crippen LogP contribution is -2.30. The van der Waals surface area contributed by atoms with Crippen molar-refractivity contribution in [1.29, 1.82) is 0 Å². The fourth-order valence-corrected chi connectivity index (χ4v) is 4.30. The number of hydrogen-bond donors (Lipinski definition) is 1. The van der Waals surface area contributed by atoms with E-state index in [1.165, 1.54) is 23.1 Å². The van der Waals surface area contributed by atoms with Crippen molar-refractivity contribution in [2.75, 3.05) is 5.32 Å². The van der Waals surface area contributed by atoms with Gasteiger partial charge in [-0.05, 0) is 36.8 Å². The van der Waals surface area contributed by atoms with Crippen molar-refractivity contribution >= 4 is 57.3 Å². The Labute approximate surface area is 175 Å². The second kappa shape index (κ2) is 9.41. The van der Waals surface area contributed by atoms with Gasteiger partial charge in [0.1, 0.15) is 5.75 Å². The van der Waals surface area contributed by atoms with E-state index >= 15 is 0 Å². The molecule has 1 amide bonds. The van der Waals surface area contributed by atoms with Crippen molar-refractivity contribution in [1.82, 2.24) is 10.2 Å². The Kier molecular flexibility index (Phi) is 6.95. The van der Waals surface area contributed by atoms with Crippen LogP contribution in [0.25, 0.3) is 0 Å². The molecule has 0 aliphatic rings. The van der Waals surface area contributed by atoms with Gasteiger partial charge in [0.15, 0.2) is 10.4 Å². The number of carbonyl (C=O) groups is 1. The number of carbonyl (C=O) groups excluding carboxylic acids is 1. The summed E-state index contributed by atoms with van der Waals surface area (Å²) < 4.78 is 6.34. The Bertz CT molecular complexity index is 936. The van der Waals surface area contributed by atoms with E-state index < -0.39 is 6.10 Å². The molecule has 1 atom stereocenters. The van der Waals surface area contributed by atoms with Crippen LogP contribution in [0.3, 0.4) is 0 Å². The van der Waals surface area contributed by atoms with E-state index in [1.807, 2.05) is 24.3 Å². The number of halogens is 2. The van der Waals surface area contributed by atoms with E-state index in [-0.39, 0.29) is 5.91 Å². The molecule has 2 aromatic carbocycles. The van der Waals surface area contributed by atoms with Crippen LogP contribution in [0.1, 0.15) is 12.5 Å². The first kappa shape index (κ1) is 19.9. The summed E-state index contributed by atoms with van der Waals surface area (Å²) in [5.74, 6) is 0.892. The molecular weight excluding hydrogens is 425 g/mol. The highest BCUT2D eigenvalue weighted by Crippen LogP contribution is 2.30. The van der Waals surface area contributed by atoms with Gasteiger partial charge in [0.2, 0.25) is 5.13 Å². The number of nitrogens with zero attached hydrogens (tertiary/aromatic N) is 2. The molecule has 0 bridgehead atoms. The molecule has 9 heteroatoms. The van der Waals surface area contributed by atoms with Crippen LogP contribution in [0.5, 0.6) is 5.75 Å². The summed E-state index contributed by atoms with van der Waals surface area (Å²) >= 11 is 14.9. The van der Waals surface area contributed by atoms with Crippen LogP contribution in [0.15, 0.2) is 52.9 Å². The predicted octanol–water partition coefficient (Wildman–Crippen LogP) is 5.54. The van der Waals surface area contributed by atoms with Gasteiger partial charge in [0.25, 0.3) is 5.91 Å². The summed E-state index contributed by atoms with van der Waals surface area (Å²) in [4.78, 5) is 12.3. The maximum absolute atomic E-state index is 12.3. The fourth-order valence-electron chi connectivity index (χ4n) is 2.08. The van der Waals surface area contributed by atoms with E-state index in [2.05, 4.69) is 15.5 Å². The number of nitrogens with one attached hydrogen (secondary N) is 1. The summed E-state index contributed by atoms with van der Waals surface area (Å²) in [5, 5.41) is 12.5. The molecule has 5 nitrogen and oxygen atoms in total. The Morgan fingerprint density at radius 2 is 2.04 bits per heavy atom. The molecule has 0 saturated heterocycles. The first-order valence-electron chi connectivity index (χ1n) is 7.94. The summed E-state index contributed by atoms with van der Waals surface area (Å²) in [6.07, 6.45) is -0.702. The molecule has 0 fully saturated rings. The van der Waals surface area contributed by atoms with Gasteiger partial charge < -0.3 is 4.74 Å². The second-order valence-corrected chi connectivity index (χ2v) is 8.50. The third-order valence-corrected chi connectivity index (χ3v) is 6.05. The van der Waals surface area contributed by atoms with Crippen LogP contribution in [-0.4, -0.2) is 22.2 Å². The molecule has 27 heavy (non-hydrogen) atoms. The maximum Gasteiger partial charge on any atom is 0.266 e. The summed E-state index contributed by atoms with van der Waals surface area (Å²) in [6, 6.07) is 14.5. The van der Waals surface area contributed by atoms with Gasteiger partial charge in [-0.3, -0.25) is 10.1 Å². The first-order valence-corrected chi connectivity index (χ1v) is 10.5. The third-order valence-electron chi connectivity index (χ3n) is 3.42. The normalized spacial score (nSPS) is 11.8. The number of rotatable bonds is 7. The largest absolute Gasteiger partial charge is 0.481 e. The SMILES string of the molecule is CC(Oc1cccc(Cl)c1)C(=O)Nc1nnc(SCc2ccccc2Cl)s1. The zero-order chi connectivity index (χ0) is 19.2. The van der Waals surface area contributed by atoms with Crippen LogP contribution in [0.2, 0.25) is 10.0 Å². The lowest BCUT2D eigenvalue weighted by atomic mass is 10.2. The van der Waals surface area contributed by atoms with Crippen LogP contribution >= 0.6 is 46.3 Å². The average Bonchev–Trinajstić information content (AvgIpc) is 3.08. The molecule has 0 radical (unpaired) electrons. The number of anilines is 1. The van der Waals surface area contributed by atoms with Crippen LogP contribution in [-0.2, 0) is 10.5 Å². The van der Waals surface area contributed by atoms with Gasteiger partial charge in [-0.25, -0.2) is 0 Å². The van der Waals surface area contributed by atoms with Crippen molar-refractivity contribution in [3.8, 4) is 5.75 Å². The van der Waals surface area contributed by atoms with Gasteiger partial charge >= 0.3 is 0 Å². The second-order valence-electron chi connectivity index (χ2n) is 5.46. The van der Waals surface area contributed by atoms with Crippen molar-refractivity contribution in [3.63, 3.8) is 0 Å². The molecule has 1 aromatic heterocycles. The Morgan fingerprint density at radius 3 is 2.81 bits per heavy atom. The molecule has 1 heterocycles. The van der Waals surface area contributed by atoms with E-state index in [4.69, 9.17) is 27.9 Å². The highest BCUT2D eigenvalue weighted by molar-refractivity contribution is 8.00. The third kappa shape index (κ3) is 5.84. The first-order chi connectivity index (χ1) is 13.0. The molecule has 0 aliphatic carbocycles. The number of aromatic nitrogens is 2. The minimum Gasteiger partial charge on any atom is -0.481 e. The topological polar surface area (TPSA) is 64.1 Å². The molecular formula is C18H15Cl2N3O2S2. The van der Waals surface area contributed by atoms with Crippen LogP contribution in [0.4, 0.5) is 5.13 Å². The van der Waals surface area contributed by atoms with Crippen molar-refractivity contribution in [2.45, 2.75) is 23.1 Å². The quantitative estimate of drug-likeness (QED) is 0.386. The smallest absolute Gasteiger partial charge is 0.266 e. The minimum absolute atomic E-state index is 0.311. The molecule has 140 valence electrons. The van der Waals surface area contributed by atoms with E-state index in [0.717, 1.165) is 14.9 Å². The van der Waals surface area contributed by atoms with Gasteiger partial charge in [-0.15, -0.1) is 10.2 Å². The summed E-state index contributed by atoms with van der Waals surface area (Å²) in [6.45, 7) is 1.66. The number of ether oxygens (including phenoxy) is 1. The maximum atomic E-state index is 12.3. The van der Waals surface area contributed by atoms with Crippen molar-refractivity contribution < 1.29 is 9.53 Å². The molecule has 0 aliphatic heterocycles. The lowest BCUT2D eigenvalue weighted by molar-refractivity contribution is -0.122. The number of hydrogen-bond acceptors (Lipinski definition) is 6. The zero-order valence-corrected chi connectivity index (χ0v) is 17.3. The van der Waals surface area contributed by atoms with Crippen LogP contribution < -0.4 is 10.1 Å². The fraction of sp³-hybridized carbons (Fsp3) is 0.167. The molecule has 1 unspecified atom stereocenters. The summed E-state index contributed by atoms with van der Waals surface area (Å²) in [7, 11) is 0. The molecule has 1 N–H and O–H groups in total. The molecule has 0 saturated carbocycles. The molecule has 0 spiro atoms. The summed E-state index contributed by atoms with van der Waals surface area (Å²) in [5.41, 5.74) is 1.02. The lowest BCUT2D eigenvalue weighted by Gasteiger charge is -2.13. The Hall–Kier alpha value is -1.80. The highest BCUT2D eigenvalue weighted by atomic mass is 35.5. The Balaban J connectivity index is 1.53. The van der Waals surface area contributed by atoms with E-state index in [0.29, 0.717) is 21.7 Å². The van der Waals surface area contributed by atoms with E-state index in [9.17, 15) is 4.79 Å². The number of benzene rings is 2. The number of amides is 1. The van der Waals surface area contributed by atoms with Gasteiger partial charge in [0, 0.05) is 15.8 Å². The number of thioether (sulfide) groups is 1. The van der Waals surface area contributed by atoms with Gasteiger partial charge in [-0.2, -0.15) is 0 Å². The van der Waals surface area contributed by atoms with Crippen LogP contribution in [0, 0.1) is 0 Å². The van der Waals surface area contributed by atoms with E-state index in [1.54, 1.807) is 31.2 Å². The van der Waals surface area contributed by atoms with Crippen molar-refractivity contribution in [2.24, 2.45) is 0 Å². The monoisotopic (exact) mass is 439 g/mol. The zero-order valence-electron chi connectivity index (χ0n) is 14.2. The van der Waals surface area contributed by atoms with Gasteiger partial charge in [0.05, 0.1) is 0 Å². The average molecular weight is 440 g/mol. The molecule has 3 aromatic rings. The molecule has 3 rings (SSSR count). The predicted molar refractivity (Wildman–Crippen MR) is 111 cm³/mol. The highest BCUT2D eigenvalue weighted by Gasteiger charge is 2.17. The standard InChI is InChI=1S/C18H15Cl2N3O2S2/c1-11(25-14-7-4-6-13(19)9-14)16(24)21-17-22-23-18(27-17)26-10-12-5-2-3-8-15(12)20/h2-9,11H,10H2,1H3,(H,21,22,24). The van der Waals surface area contributed by atoms with Crippen molar-refractivity contribution in [3.05, 3.63) is 64.1 Å². The Morgan fingerprint density at radius 1 is 1.22 bits per heavy atom. The minimum atomic E-state index is -0.702. The van der Waals surface area contributed by atoms with Gasteiger partial charge in [-0.1, -0.05) is 70.6 Å².